The molecule has 0 aliphatic heterocycles. The van der Waals surface area contributed by atoms with Crippen LogP contribution in [-0.2, 0) is 0 Å². The molecule has 0 spiro atoms. The van der Waals surface area contributed by atoms with Gasteiger partial charge in [-0.3, -0.25) is 9.78 Å². The number of nitrogens with one attached hydrogen (secondary N) is 2. The molecule has 0 aliphatic carbocycles. The second-order valence-corrected chi connectivity index (χ2v) is 5.82. The van der Waals surface area contributed by atoms with Gasteiger partial charge in [-0.05, 0) is 52.4 Å². The third-order valence-electron chi connectivity index (χ3n) is 2.21. The summed E-state index contributed by atoms with van der Waals surface area (Å²) in [6, 6.07) is 1.90. The fourth-order valence-electron chi connectivity index (χ4n) is 1.51. The molecule has 0 saturated heterocycles. The molecule has 0 atom stereocenters. The number of hydrogen-bond donors (Lipinski definition) is 2. The van der Waals surface area contributed by atoms with Crippen molar-refractivity contribution in [2.75, 3.05) is 14.1 Å². The van der Waals surface area contributed by atoms with E-state index in [0.29, 0.717) is 11.5 Å². The van der Waals surface area contributed by atoms with Gasteiger partial charge in [0.15, 0.2) is 0 Å². The molecule has 1 heterocycles. The van der Waals surface area contributed by atoms with Gasteiger partial charge in [-0.1, -0.05) is 13.8 Å². The lowest BCUT2D eigenvalue weighted by Gasteiger charge is -2.21. The summed E-state index contributed by atoms with van der Waals surface area (Å²) < 4.78 is 0. The smallest absolute Gasteiger partial charge is 0.253 e. The maximum absolute atomic E-state index is 12.0. The van der Waals surface area contributed by atoms with Crippen LogP contribution in [0.3, 0.4) is 0 Å². The Bertz CT molecular complexity index is 395. The zero-order valence-electron chi connectivity index (χ0n) is 13.2. The van der Waals surface area contributed by atoms with E-state index in [9.17, 15) is 4.79 Å². The molecule has 0 aliphatic rings. The van der Waals surface area contributed by atoms with E-state index >= 15 is 0 Å². The SMILES string of the molecule is CC(C)c1ccncc1C(=O)NC(C)(C)C.CNC. The minimum Gasteiger partial charge on any atom is -0.347 e. The van der Waals surface area contributed by atoms with Gasteiger partial charge in [-0.15, -0.1) is 0 Å². The monoisotopic (exact) mass is 265 g/mol. The lowest BCUT2D eigenvalue weighted by Crippen LogP contribution is -2.41. The minimum atomic E-state index is -0.221. The molecule has 1 aromatic rings. The van der Waals surface area contributed by atoms with Gasteiger partial charge in [-0.25, -0.2) is 0 Å². The van der Waals surface area contributed by atoms with E-state index < -0.39 is 0 Å². The van der Waals surface area contributed by atoms with Crippen LogP contribution in [-0.4, -0.2) is 30.5 Å². The summed E-state index contributed by atoms with van der Waals surface area (Å²) in [6.07, 6.45) is 3.36. The summed E-state index contributed by atoms with van der Waals surface area (Å²) in [6.45, 7) is 10.1. The molecule has 1 aromatic heterocycles. The quantitative estimate of drug-likeness (QED) is 0.864. The Morgan fingerprint density at radius 1 is 1.26 bits per heavy atom. The fourth-order valence-corrected chi connectivity index (χ4v) is 1.51. The van der Waals surface area contributed by atoms with E-state index in [1.807, 2.05) is 40.9 Å². The van der Waals surface area contributed by atoms with Gasteiger partial charge in [0.1, 0.15) is 0 Å². The molecule has 1 amide bonds. The molecule has 2 N–H and O–H groups in total. The van der Waals surface area contributed by atoms with Gasteiger partial charge < -0.3 is 10.6 Å². The number of rotatable bonds is 2. The Kier molecular flexibility index (Phi) is 7.30. The highest BCUT2D eigenvalue weighted by molar-refractivity contribution is 5.95. The molecule has 0 aromatic carbocycles. The molecule has 1 rings (SSSR count). The van der Waals surface area contributed by atoms with Crippen LogP contribution in [0.1, 0.15) is 56.5 Å². The van der Waals surface area contributed by atoms with Crippen molar-refractivity contribution in [2.45, 2.75) is 46.1 Å². The first kappa shape index (κ1) is 17.6. The van der Waals surface area contributed by atoms with Crippen molar-refractivity contribution < 1.29 is 4.79 Å². The molecule has 0 radical (unpaired) electrons. The molecule has 0 bridgehead atoms. The van der Waals surface area contributed by atoms with E-state index in [1.165, 1.54) is 0 Å². The van der Waals surface area contributed by atoms with Crippen LogP contribution in [0.5, 0.6) is 0 Å². The summed E-state index contributed by atoms with van der Waals surface area (Å²) >= 11 is 0. The van der Waals surface area contributed by atoms with Crippen LogP contribution < -0.4 is 10.6 Å². The minimum absolute atomic E-state index is 0.0516. The number of amides is 1. The summed E-state index contributed by atoms with van der Waals surface area (Å²) in [7, 11) is 3.75. The number of nitrogens with zero attached hydrogens (tertiary/aromatic N) is 1. The van der Waals surface area contributed by atoms with E-state index in [4.69, 9.17) is 0 Å². The predicted molar refractivity (Wildman–Crippen MR) is 80.5 cm³/mol. The summed E-state index contributed by atoms with van der Waals surface area (Å²) in [4.78, 5) is 16.1. The molecular formula is C15H27N3O. The highest BCUT2D eigenvalue weighted by atomic mass is 16.1. The van der Waals surface area contributed by atoms with E-state index in [2.05, 4.69) is 29.5 Å². The van der Waals surface area contributed by atoms with E-state index in [1.54, 1.807) is 12.4 Å². The highest BCUT2D eigenvalue weighted by Gasteiger charge is 2.18. The van der Waals surface area contributed by atoms with Crippen molar-refractivity contribution in [3.05, 3.63) is 29.6 Å². The lowest BCUT2D eigenvalue weighted by atomic mass is 9.98. The number of hydrogen-bond acceptors (Lipinski definition) is 3. The zero-order chi connectivity index (χ0) is 15.1. The molecule has 0 fully saturated rings. The van der Waals surface area contributed by atoms with Crippen molar-refractivity contribution >= 4 is 5.91 Å². The van der Waals surface area contributed by atoms with E-state index in [0.717, 1.165) is 5.56 Å². The maximum atomic E-state index is 12.0. The molecular weight excluding hydrogens is 238 g/mol. The Balaban J connectivity index is 0.000000982. The topological polar surface area (TPSA) is 54.0 Å². The van der Waals surface area contributed by atoms with Crippen LogP contribution in [0.15, 0.2) is 18.5 Å². The van der Waals surface area contributed by atoms with Gasteiger partial charge in [0.05, 0.1) is 5.56 Å². The van der Waals surface area contributed by atoms with Crippen LogP contribution in [0.4, 0.5) is 0 Å². The zero-order valence-corrected chi connectivity index (χ0v) is 13.2. The van der Waals surface area contributed by atoms with Gasteiger partial charge in [0.25, 0.3) is 5.91 Å². The van der Waals surface area contributed by atoms with Crippen molar-refractivity contribution in [1.29, 1.82) is 0 Å². The normalized spacial score (nSPS) is 10.7. The first-order chi connectivity index (χ1) is 8.72. The Morgan fingerprint density at radius 3 is 2.21 bits per heavy atom. The van der Waals surface area contributed by atoms with Crippen LogP contribution in [0.25, 0.3) is 0 Å². The molecule has 0 saturated carbocycles. The molecule has 0 unspecified atom stereocenters. The van der Waals surface area contributed by atoms with Crippen molar-refractivity contribution in [2.24, 2.45) is 0 Å². The molecule has 4 nitrogen and oxygen atoms in total. The molecule has 108 valence electrons. The predicted octanol–water partition coefficient (Wildman–Crippen LogP) is 2.57. The summed E-state index contributed by atoms with van der Waals surface area (Å²) in [5.74, 6) is 0.271. The standard InChI is InChI=1S/C13H20N2O.C2H7N/c1-9(2)10-6-7-14-8-11(10)12(16)15-13(3,4)5;1-3-2/h6-9H,1-5H3,(H,15,16);3H,1-2H3. The maximum Gasteiger partial charge on any atom is 0.253 e. The van der Waals surface area contributed by atoms with Crippen molar-refractivity contribution in [1.82, 2.24) is 15.6 Å². The van der Waals surface area contributed by atoms with E-state index in [-0.39, 0.29) is 11.4 Å². The Hall–Kier alpha value is -1.42. The Labute approximate surface area is 117 Å². The van der Waals surface area contributed by atoms with Crippen LogP contribution in [0, 0.1) is 0 Å². The molecule has 4 heteroatoms. The first-order valence-electron chi connectivity index (χ1n) is 6.57. The molecule has 19 heavy (non-hydrogen) atoms. The summed E-state index contributed by atoms with van der Waals surface area (Å²) in [5, 5.41) is 5.70. The van der Waals surface area contributed by atoms with Crippen molar-refractivity contribution in [3.8, 4) is 0 Å². The second kappa shape index (κ2) is 7.89. The van der Waals surface area contributed by atoms with Gasteiger partial charge >= 0.3 is 0 Å². The van der Waals surface area contributed by atoms with Gasteiger partial charge in [-0.2, -0.15) is 0 Å². The van der Waals surface area contributed by atoms with Crippen LogP contribution in [0.2, 0.25) is 0 Å². The Morgan fingerprint density at radius 2 is 1.79 bits per heavy atom. The average Bonchev–Trinajstić information content (AvgIpc) is 2.27. The number of aromatic nitrogens is 1. The average molecular weight is 265 g/mol. The number of carbonyl (C=O) groups excluding carboxylic acids is 1. The van der Waals surface area contributed by atoms with Gasteiger partial charge in [0.2, 0.25) is 0 Å². The summed E-state index contributed by atoms with van der Waals surface area (Å²) in [5.41, 5.74) is 1.49. The van der Waals surface area contributed by atoms with Crippen molar-refractivity contribution in [3.63, 3.8) is 0 Å². The number of carbonyl (C=O) groups is 1. The largest absolute Gasteiger partial charge is 0.347 e. The fraction of sp³-hybridized carbons (Fsp3) is 0.600. The third kappa shape index (κ3) is 6.91. The second-order valence-electron chi connectivity index (χ2n) is 5.82. The third-order valence-corrected chi connectivity index (χ3v) is 2.21. The van der Waals surface area contributed by atoms with Crippen LogP contribution >= 0.6 is 0 Å². The van der Waals surface area contributed by atoms with Gasteiger partial charge in [0, 0.05) is 17.9 Å². The first-order valence-corrected chi connectivity index (χ1v) is 6.57. The highest BCUT2D eigenvalue weighted by Crippen LogP contribution is 2.18. The lowest BCUT2D eigenvalue weighted by molar-refractivity contribution is 0.0918. The number of pyridine rings is 1.